The van der Waals surface area contributed by atoms with Crippen LogP contribution in [0.4, 0.5) is 10.1 Å². The van der Waals surface area contributed by atoms with Crippen molar-refractivity contribution in [3.8, 4) is 0 Å². The molecule has 0 spiro atoms. The molecule has 196 valence electrons. The monoisotopic (exact) mass is 530 g/mol. The first-order valence-electron chi connectivity index (χ1n) is 11.1. The second kappa shape index (κ2) is 11.7. The van der Waals surface area contributed by atoms with Crippen LogP contribution in [0.25, 0.3) is 0 Å². The fourth-order valence-corrected chi connectivity index (χ4v) is 4.60. The number of benzene rings is 2. The number of halogens is 1. The Balaban J connectivity index is 1.62. The number of nitrogens with one attached hydrogen (secondary N) is 3. The van der Waals surface area contributed by atoms with Gasteiger partial charge in [-0.3, -0.25) is 10.2 Å². The molecule has 37 heavy (non-hydrogen) atoms. The predicted molar refractivity (Wildman–Crippen MR) is 134 cm³/mol. The highest BCUT2D eigenvalue weighted by Crippen LogP contribution is 2.13. The van der Waals surface area contributed by atoms with Crippen LogP contribution in [0.2, 0.25) is 0 Å². The van der Waals surface area contributed by atoms with Gasteiger partial charge in [-0.15, -0.1) is 5.10 Å². The van der Waals surface area contributed by atoms with E-state index in [2.05, 4.69) is 25.5 Å². The first kappa shape index (κ1) is 27.4. The zero-order chi connectivity index (χ0) is 27.2. The summed E-state index contributed by atoms with van der Waals surface area (Å²) in [6.07, 6.45) is 1.49. The van der Waals surface area contributed by atoms with E-state index in [1.165, 1.54) is 10.9 Å². The molecule has 14 heteroatoms. The number of anilines is 1. The molecule has 3 rings (SSSR count). The fourth-order valence-electron chi connectivity index (χ4n) is 3.26. The Kier molecular flexibility index (Phi) is 8.68. The lowest BCUT2D eigenvalue weighted by Gasteiger charge is -2.21. The maximum absolute atomic E-state index is 13.2. The first-order valence-corrected chi connectivity index (χ1v) is 12.6. The molecule has 1 heterocycles. The maximum atomic E-state index is 13.2. The summed E-state index contributed by atoms with van der Waals surface area (Å²) in [7, 11) is -4.07. The molecule has 1 amide bonds. The molecule has 0 unspecified atom stereocenters. The molecule has 0 radical (unpaired) electrons. The summed E-state index contributed by atoms with van der Waals surface area (Å²) in [6, 6.07) is 9.67. The number of sulfonamides is 1. The molecule has 3 aromatic rings. The standard InChI is InChI=1S/C23H27FN8O4S/c1-14(2)22(30-37(35,36)19-9-5-16(24)6-10-19)23(33)27-11-18-12-32(31-28-18)13-20(29-34)21(26)15-3-7-17(25)8-4-15/h3-10,12,14,22,26,30,34H,11,13,25H2,1-2H3,(H,27,33)/b26-21?,29-20-/t22-/m0/s1. The van der Waals surface area contributed by atoms with Crippen LogP contribution in [-0.2, 0) is 27.9 Å². The normalized spacial score (nSPS) is 12.9. The van der Waals surface area contributed by atoms with Crippen LogP contribution in [0.15, 0.2) is 64.8 Å². The number of carbonyl (C=O) groups is 1. The van der Waals surface area contributed by atoms with E-state index in [9.17, 15) is 22.8 Å². The van der Waals surface area contributed by atoms with Gasteiger partial charge < -0.3 is 16.3 Å². The highest BCUT2D eigenvalue weighted by atomic mass is 32.2. The molecule has 0 fully saturated rings. The lowest BCUT2D eigenvalue weighted by Crippen LogP contribution is -2.49. The molecule has 1 aromatic heterocycles. The van der Waals surface area contributed by atoms with Crippen LogP contribution >= 0.6 is 0 Å². The van der Waals surface area contributed by atoms with Crippen LogP contribution in [0.5, 0.6) is 0 Å². The summed E-state index contributed by atoms with van der Waals surface area (Å²) in [5.41, 5.74) is 7.05. The van der Waals surface area contributed by atoms with Crippen LogP contribution in [0, 0.1) is 17.1 Å². The van der Waals surface area contributed by atoms with Gasteiger partial charge in [0.15, 0.2) is 0 Å². The second-order valence-electron chi connectivity index (χ2n) is 8.47. The van der Waals surface area contributed by atoms with Crippen molar-refractivity contribution in [1.82, 2.24) is 25.0 Å². The molecule has 2 aromatic carbocycles. The summed E-state index contributed by atoms with van der Waals surface area (Å²) in [5, 5.41) is 31.3. The van der Waals surface area contributed by atoms with E-state index in [0.29, 0.717) is 16.9 Å². The fraction of sp³-hybridized carbons (Fsp3) is 0.261. The van der Waals surface area contributed by atoms with Gasteiger partial charge in [-0.05, 0) is 42.3 Å². The third-order valence-electron chi connectivity index (χ3n) is 5.31. The Morgan fingerprint density at radius 2 is 1.84 bits per heavy atom. The van der Waals surface area contributed by atoms with Gasteiger partial charge in [0.05, 0.1) is 29.9 Å². The second-order valence-corrected chi connectivity index (χ2v) is 10.2. The van der Waals surface area contributed by atoms with Crippen molar-refractivity contribution in [2.45, 2.75) is 37.9 Å². The van der Waals surface area contributed by atoms with E-state index in [1.807, 2.05) is 0 Å². The van der Waals surface area contributed by atoms with Gasteiger partial charge in [-0.25, -0.2) is 17.5 Å². The van der Waals surface area contributed by atoms with E-state index < -0.39 is 33.7 Å². The van der Waals surface area contributed by atoms with E-state index in [-0.39, 0.29) is 29.4 Å². The van der Waals surface area contributed by atoms with Crippen molar-refractivity contribution in [2.75, 3.05) is 5.73 Å². The Bertz CT molecular complexity index is 1390. The van der Waals surface area contributed by atoms with Gasteiger partial charge in [0, 0.05) is 11.3 Å². The molecule has 0 saturated carbocycles. The minimum Gasteiger partial charge on any atom is -0.411 e. The summed E-state index contributed by atoms with van der Waals surface area (Å²) < 4.78 is 42.1. The van der Waals surface area contributed by atoms with Gasteiger partial charge >= 0.3 is 0 Å². The van der Waals surface area contributed by atoms with Crippen molar-refractivity contribution < 1.29 is 22.8 Å². The largest absolute Gasteiger partial charge is 0.411 e. The minimum absolute atomic E-state index is 0.0268. The smallest absolute Gasteiger partial charge is 0.241 e. The number of hydrogen-bond donors (Lipinski definition) is 5. The van der Waals surface area contributed by atoms with Crippen molar-refractivity contribution in [3.05, 3.63) is 71.8 Å². The van der Waals surface area contributed by atoms with E-state index >= 15 is 0 Å². The molecule has 12 nitrogen and oxygen atoms in total. The number of nitrogen functional groups attached to an aromatic ring is 1. The Labute approximate surface area is 212 Å². The van der Waals surface area contributed by atoms with Crippen molar-refractivity contribution >= 4 is 33.0 Å². The number of aromatic nitrogens is 3. The molecule has 0 aliphatic heterocycles. The van der Waals surface area contributed by atoms with Gasteiger partial charge in [0.25, 0.3) is 0 Å². The molecule has 0 bridgehead atoms. The van der Waals surface area contributed by atoms with Crippen LogP contribution < -0.4 is 15.8 Å². The number of carbonyl (C=O) groups excluding carboxylic acids is 1. The third-order valence-corrected chi connectivity index (χ3v) is 6.76. The number of oxime groups is 1. The lowest BCUT2D eigenvalue weighted by atomic mass is 10.1. The average molecular weight is 531 g/mol. The highest BCUT2D eigenvalue weighted by Gasteiger charge is 2.28. The quantitative estimate of drug-likeness (QED) is 0.107. The molecule has 0 aliphatic rings. The molecular weight excluding hydrogens is 503 g/mol. The summed E-state index contributed by atoms with van der Waals surface area (Å²) >= 11 is 0. The summed E-state index contributed by atoms with van der Waals surface area (Å²) in [4.78, 5) is 12.6. The third kappa shape index (κ3) is 7.17. The van der Waals surface area contributed by atoms with Gasteiger partial charge in [0.2, 0.25) is 15.9 Å². The van der Waals surface area contributed by atoms with Gasteiger partial charge in [-0.1, -0.05) is 36.3 Å². The molecular formula is C23H27FN8O4S. The first-order chi connectivity index (χ1) is 17.5. The molecule has 0 aliphatic carbocycles. The Hall–Kier alpha value is -4.17. The number of rotatable bonds is 11. The van der Waals surface area contributed by atoms with Crippen molar-refractivity contribution in [2.24, 2.45) is 11.1 Å². The van der Waals surface area contributed by atoms with Crippen molar-refractivity contribution in [3.63, 3.8) is 0 Å². The van der Waals surface area contributed by atoms with Crippen LogP contribution in [0.1, 0.15) is 25.1 Å². The van der Waals surface area contributed by atoms with Crippen LogP contribution in [-0.4, -0.2) is 52.0 Å². The minimum atomic E-state index is -4.07. The van der Waals surface area contributed by atoms with Crippen LogP contribution in [0.3, 0.4) is 0 Å². The Morgan fingerprint density at radius 1 is 1.19 bits per heavy atom. The summed E-state index contributed by atoms with van der Waals surface area (Å²) in [6.45, 7) is 3.24. The zero-order valence-corrected chi connectivity index (χ0v) is 20.9. The number of hydrogen-bond acceptors (Lipinski definition) is 9. The molecule has 1 atom stereocenters. The topological polar surface area (TPSA) is 188 Å². The SMILES string of the molecule is CC(C)[C@H](NS(=O)(=O)c1ccc(F)cc1)C(=O)NCc1cn(C/C(=N/O)C(=N)c2ccc(N)cc2)nn1. The van der Waals surface area contributed by atoms with E-state index in [1.54, 1.807) is 38.1 Å². The zero-order valence-electron chi connectivity index (χ0n) is 20.1. The lowest BCUT2D eigenvalue weighted by molar-refractivity contribution is -0.123. The summed E-state index contributed by atoms with van der Waals surface area (Å²) in [5.74, 6) is -1.56. The predicted octanol–water partition coefficient (Wildman–Crippen LogP) is 1.52. The average Bonchev–Trinajstić information content (AvgIpc) is 3.32. The highest BCUT2D eigenvalue weighted by molar-refractivity contribution is 7.89. The number of amides is 1. The van der Waals surface area contributed by atoms with Gasteiger partial charge in [0.1, 0.15) is 23.3 Å². The van der Waals surface area contributed by atoms with Crippen molar-refractivity contribution in [1.29, 1.82) is 5.41 Å². The molecule has 0 saturated heterocycles. The number of nitrogens with two attached hydrogens (primary N) is 1. The molecule has 6 N–H and O–H groups in total. The van der Waals surface area contributed by atoms with E-state index in [0.717, 1.165) is 24.3 Å². The number of nitrogens with zero attached hydrogens (tertiary/aromatic N) is 4. The Morgan fingerprint density at radius 3 is 2.43 bits per heavy atom. The maximum Gasteiger partial charge on any atom is 0.241 e. The van der Waals surface area contributed by atoms with E-state index in [4.69, 9.17) is 11.1 Å². The van der Waals surface area contributed by atoms with Gasteiger partial charge in [-0.2, -0.15) is 4.72 Å².